The first-order valence-electron chi connectivity index (χ1n) is 7.97. The van der Waals surface area contributed by atoms with Crippen molar-refractivity contribution >= 4 is 41.3 Å². The van der Waals surface area contributed by atoms with Crippen molar-refractivity contribution < 1.29 is 17.9 Å². The zero-order valence-electron chi connectivity index (χ0n) is 15.2. The van der Waals surface area contributed by atoms with Gasteiger partial charge in [-0.25, -0.2) is 4.98 Å². The summed E-state index contributed by atoms with van der Waals surface area (Å²) in [5.41, 5.74) is 0.195. The van der Waals surface area contributed by atoms with Crippen LogP contribution in [-0.2, 0) is 12.7 Å². The van der Waals surface area contributed by atoms with Gasteiger partial charge in [0.25, 0.3) is 0 Å². The van der Waals surface area contributed by atoms with Crippen LogP contribution in [0.3, 0.4) is 0 Å². The highest BCUT2D eigenvalue weighted by molar-refractivity contribution is 14.0. The predicted molar refractivity (Wildman–Crippen MR) is 112 cm³/mol. The fraction of sp³-hybridized carbons (Fsp3) is 0.412. The first kappa shape index (κ1) is 23.5. The zero-order valence-corrected chi connectivity index (χ0v) is 18.3. The number of hydrogen-bond donors (Lipinski definition) is 2. The van der Waals surface area contributed by atoms with Gasteiger partial charge < -0.3 is 15.4 Å². The van der Waals surface area contributed by atoms with Crippen molar-refractivity contribution in [3.05, 3.63) is 45.4 Å². The van der Waals surface area contributed by atoms with Crippen LogP contribution in [0, 0.1) is 13.8 Å². The third-order valence-electron chi connectivity index (χ3n) is 3.48. The molecule has 1 aromatic carbocycles. The molecule has 1 heterocycles. The molecule has 0 aliphatic rings. The average Bonchev–Trinajstić information content (AvgIpc) is 2.91. The third-order valence-corrected chi connectivity index (χ3v) is 4.56. The molecule has 0 saturated heterocycles. The van der Waals surface area contributed by atoms with Crippen LogP contribution >= 0.6 is 35.3 Å². The molecule has 0 amide bonds. The van der Waals surface area contributed by atoms with Crippen molar-refractivity contribution in [1.29, 1.82) is 0 Å². The van der Waals surface area contributed by atoms with Crippen LogP contribution < -0.4 is 15.4 Å². The molecule has 0 bridgehead atoms. The standard InChI is InChI=1S/C17H21F3N4OS.HI/c1-11-15(26-12(2)24-11)10-23-16(21-3)22-8-9-25-14-7-5-4-6-13(14)17(18,19)20;/h4-7H,8-10H2,1-3H3,(H2,21,22,23);1H. The second-order valence-electron chi connectivity index (χ2n) is 5.44. The second kappa shape index (κ2) is 10.7. The van der Waals surface area contributed by atoms with Crippen LogP contribution in [0.4, 0.5) is 13.2 Å². The molecule has 2 rings (SSSR count). The summed E-state index contributed by atoms with van der Waals surface area (Å²) in [4.78, 5) is 9.55. The molecule has 0 radical (unpaired) electrons. The molecular weight excluding hydrogens is 492 g/mol. The maximum atomic E-state index is 12.9. The first-order chi connectivity index (χ1) is 12.3. The molecule has 2 aromatic rings. The Balaban J connectivity index is 0.00000364. The summed E-state index contributed by atoms with van der Waals surface area (Å²) < 4.78 is 44.0. The summed E-state index contributed by atoms with van der Waals surface area (Å²) in [5.74, 6) is 0.365. The van der Waals surface area contributed by atoms with Gasteiger partial charge in [-0.15, -0.1) is 35.3 Å². The molecule has 0 unspecified atom stereocenters. The molecule has 2 N–H and O–H groups in total. The van der Waals surface area contributed by atoms with E-state index in [0.717, 1.165) is 21.6 Å². The van der Waals surface area contributed by atoms with Crippen molar-refractivity contribution in [2.24, 2.45) is 4.99 Å². The topological polar surface area (TPSA) is 58.5 Å². The lowest BCUT2D eigenvalue weighted by Crippen LogP contribution is -2.38. The summed E-state index contributed by atoms with van der Waals surface area (Å²) >= 11 is 1.61. The van der Waals surface area contributed by atoms with E-state index in [1.54, 1.807) is 18.4 Å². The molecule has 150 valence electrons. The Morgan fingerprint density at radius 1 is 1.22 bits per heavy atom. The van der Waals surface area contributed by atoms with E-state index in [-0.39, 0.29) is 36.3 Å². The van der Waals surface area contributed by atoms with E-state index < -0.39 is 11.7 Å². The van der Waals surface area contributed by atoms with Crippen LogP contribution in [-0.4, -0.2) is 31.1 Å². The maximum Gasteiger partial charge on any atom is 0.419 e. The molecule has 0 fully saturated rings. The highest BCUT2D eigenvalue weighted by Crippen LogP contribution is 2.35. The van der Waals surface area contributed by atoms with Crippen molar-refractivity contribution in [3.63, 3.8) is 0 Å². The lowest BCUT2D eigenvalue weighted by Gasteiger charge is -2.15. The Labute approximate surface area is 177 Å². The lowest BCUT2D eigenvalue weighted by atomic mass is 10.2. The minimum Gasteiger partial charge on any atom is -0.491 e. The summed E-state index contributed by atoms with van der Waals surface area (Å²) in [6.45, 7) is 4.86. The smallest absolute Gasteiger partial charge is 0.419 e. The molecule has 1 aromatic heterocycles. The zero-order chi connectivity index (χ0) is 19.2. The minimum absolute atomic E-state index is 0. The Bertz CT molecular complexity index is 765. The molecule has 10 heteroatoms. The van der Waals surface area contributed by atoms with E-state index in [1.807, 2.05) is 13.8 Å². The third kappa shape index (κ3) is 7.17. The highest BCUT2D eigenvalue weighted by atomic mass is 127. The number of halogens is 4. The highest BCUT2D eigenvalue weighted by Gasteiger charge is 2.33. The van der Waals surface area contributed by atoms with Crippen molar-refractivity contribution in [2.75, 3.05) is 20.2 Å². The van der Waals surface area contributed by atoms with Gasteiger partial charge >= 0.3 is 6.18 Å². The lowest BCUT2D eigenvalue weighted by molar-refractivity contribution is -0.138. The fourth-order valence-electron chi connectivity index (χ4n) is 2.28. The predicted octanol–water partition coefficient (Wildman–Crippen LogP) is 4.14. The molecule has 0 saturated carbocycles. The van der Waals surface area contributed by atoms with E-state index in [2.05, 4.69) is 20.6 Å². The number of aryl methyl sites for hydroxylation is 2. The van der Waals surface area contributed by atoms with E-state index in [0.29, 0.717) is 19.0 Å². The van der Waals surface area contributed by atoms with Crippen molar-refractivity contribution in [1.82, 2.24) is 15.6 Å². The maximum absolute atomic E-state index is 12.9. The number of rotatable bonds is 6. The van der Waals surface area contributed by atoms with Gasteiger partial charge in [0.15, 0.2) is 5.96 Å². The fourth-order valence-corrected chi connectivity index (χ4v) is 3.16. The van der Waals surface area contributed by atoms with Crippen LogP contribution in [0.5, 0.6) is 5.75 Å². The van der Waals surface area contributed by atoms with E-state index in [1.165, 1.54) is 18.2 Å². The number of nitrogens with zero attached hydrogens (tertiary/aromatic N) is 2. The summed E-state index contributed by atoms with van der Waals surface area (Å²) in [7, 11) is 1.62. The van der Waals surface area contributed by atoms with Crippen LogP contribution in [0.2, 0.25) is 0 Å². The molecular formula is C17H22F3IN4OS. The Morgan fingerprint density at radius 3 is 2.52 bits per heavy atom. The van der Waals surface area contributed by atoms with Gasteiger partial charge in [0.1, 0.15) is 12.4 Å². The number of alkyl halides is 3. The van der Waals surface area contributed by atoms with Crippen LogP contribution in [0.25, 0.3) is 0 Å². The van der Waals surface area contributed by atoms with E-state index in [4.69, 9.17) is 4.74 Å². The Morgan fingerprint density at radius 2 is 1.93 bits per heavy atom. The van der Waals surface area contributed by atoms with Gasteiger partial charge in [-0.05, 0) is 26.0 Å². The first-order valence-corrected chi connectivity index (χ1v) is 8.79. The molecule has 5 nitrogen and oxygen atoms in total. The molecule has 0 spiro atoms. The molecule has 0 aliphatic carbocycles. The van der Waals surface area contributed by atoms with Gasteiger partial charge in [0, 0.05) is 11.9 Å². The van der Waals surface area contributed by atoms with Gasteiger partial charge in [-0.2, -0.15) is 13.2 Å². The minimum atomic E-state index is -4.44. The Kier molecular flexibility index (Phi) is 9.30. The summed E-state index contributed by atoms with van der Waals surface area (Å²) in [6, 6.07) is 5.16. The number of nitrogens with one attached hydrogen (secondary N) is 2. The number of thiazole rings is 1. The summed E-state index contributed by atoms with van der Waals surface area (Å²) in [5, 5.41) is 7.16. The van der Waals surface area contributed by atoms with E-state index >= 15 is 0 Å². The van der Waals surface area contributed by atoms with E-state index in [9.17, 15) is 13.2 Å². The number of benzene rings is 1. The Hall–Kier alpha value is -1.56. The van der Waals surface area contributed by atoms with Crippen molar-refractivity contribution in [2.45, 2.75) is 26.6 Å². The molecule has 0 aliphatic heterocycles. The number of aromatic nitrogens is 1. The largest absolute Gasteiger partial charge is 0.491 e. The average molecular weight is 514 g/mol. The number of guanidine groups is 1. The van der Waals surface area contributed by atoms with Gasteiger partial charge in [-0.3, -0.25) is 4.99 Å². The quantitative estimate of drug-likeness (QED) is 0.264. The second-order valence-corrected chi connectivity index (χ2v) is 6.72. The number of aliphatic imine (C=N–C) groups is 1. The monoisotopic (exact) mass is 514 g/mol. The number of hydrogen-bond acceptors (Lipinski definition) is 4. The number of para-hydroxylation sites is 1. The van der Waals surface area contributed by atoms with Gasteiger partial charge in [-0.1, -0.05) is 12.1 Å². The normalized spacial score (nSPS) is 11.7. The van der Waals surface area contributed by atoms with Crippen LogP contribution in [0.15, 0.2) is 29.3 Å². The summed E-state index contributed by atoms with van der Waals surface area (Å²) in [6.07, 6.45) is -4.44. The van der Waals surface area contributed by atoms with Gasteiger partial charge in [0.2, 0.25) is 0 Å². The molecule has 27 heavy (non-hydrogen) atoms. The van der Waals surface area contributed by atoms with Crippen molar-refractivity contribution in [3.8, 4) is 5.75 Å². The van der Waals surface area contributed by atoms with Gasteiger partial charge in [0.05, 0.1) is 29.4 Å². The number of ether oxygens (including phenoxy) is 1. The SMILES string of the molecule is CN=C(NCCOc1ccccc1C(F)(F)F)NCc1sc(C)nc1C.I. The molecule has 0 atom stereocenters. The van der Waals surface area contributed by atoms with Crippen LogP contribution in [0.1, 0.15) is 21.1 Å².